The fourth-order valence-corrected chi connectivity index (χ4v) is 3.43. The fourth-order valence-electron chi connectivity index (χ4n) is 2.26. The van der Waals surface area contributed by atoms with E-state index in [1.54, 1.807) is 0 Å². The summed E-state index contributed by atoms with van der Waals surface area (Å²) in [5, 5.41) is 4.38. The topological polar surface area (TPSA) is 12.0 Å². The van der Waals surface area contributed by atoms with Crippen LogP contribution < -0.4 is 5.32 Å². The van der Waals surface area contributed by atoms with Crippen LogP contribution in [0.5, 0.6) is 0 Å². The molecule has 0 saturated carbocycles. The van der Waals surface area contributed by atoms with Gasteiger partial charge in [0.25, 0.3) is 0 Å². The van der Waals surface area contributed by atoms with Crippen molar-refractivity contribution in [1.82, 2.24) is 5.32 Å². The van der Waals surface area contributed by atoms with E-state index in [0.717, 1.165) is 23.7 Å². The van der Waals surface area contributed by atoms with E-state index < -0.39 is 0 Å². The zero-order chi connectivity index (χ0) is 15.1. The van der Waals surface area contributed by atoms with Crippen molar-refractivity contribution in [3.05, 3.63) is 64.7 Å². The first kappa shape index (κ1) is 16.4. The summed E-state index contributed by atoms with van der Waals surface area (Å²) in [6, 6.07) is 17.3. The Morgan fingerprint density at radius 3 is 2.57 bits per heavy atom. The number of halogens is 1. The molecule has 0 spiro atoms. The molecule has 0 heterocycles. The third-order valence-corrected chi connectivity index (χ3v) is 4.75. The minimum Gasteiger partial charge on any atom is -0.313 e. The van der Waals surface area contributed by atoms with Crippen molar-refractivity contribution in [2.24, 2.45) is 0 Å². The van der Waals surface area contributed by atoms with E-state index in [1.165, 1.54) is 16.0 Å². The predicted octanol–water partition coefficient (Wildman–Crippen LogP) is 4.96. The van der Waals surface area contributed by atoms with Crippen LogP contribution in [0.3, 0.4) is 0 Å². The molecule has 1 nitrogen and oxygen atoms in total. The van der Waals surface area contributed by atoms with Crippen molar-refractivity contribution in [3.8, 4) is 0 Å². The summed E-state index contributed by atoms with van der Waals surface area (Å²) < 4.78 is 0. The molecule has 0 bridgehead atoms. The lowest BCUT2D eigenvalue weighted by atomic mass is 10.1. The highest BCUT2D eigenvalue weighted by Crippen LogP contribution is 2.21. The van der Waals surface area contributed by atoms with Crippen molar-refractivity contribution in [3.63, 3.8) is 0 Å². The minimum atomic E-state index is 0.458. The van der Waals surface area contributed by atoms with Gasteiger partial charge in [-0.25, -0.2) is 0 Å². The number of likely N-dealkylation sites (N-methyl/N-ethyl adjacent to an activating group) is 1. The SMILES string of the molecule is CCNC(CSc1ccc(C)cc1)Cc1cccc(Cl)c1. The summed E-state index contributed by atoms with van der Waals surface area (Å²) in [7, 11) is 0. The zero-order valence-electron chi connectivity index (χ0n) is 12.6. The number of rotatable bonds is 7. The smallest absolute Gasteiger partial charge is 0.0408 e. The lowest BCUT2D eigenvalue weighted by Gasteiger charge is -2.18. The summed E-state index contributed by atoms with van der Waals surface area (Å²) >= 11 is 7.97. The molecule has 0 aliphatic rings. The van der Waals surface area contributed by atoms with Crippen LogP contribution >= 0.6 is 23.4 Å². The summed E-state index contributed by atoms with van der Waals surface area (Å²) in [5.41, 5.74) is 2.60. The third kappa shape index (κ3) is 5.74. The van der Waals surface area contributed by atoms with Crippen LogP contribution in [0.15, 0.2) is 53.4 Å². The Morgan fingerprint density at radius 1 is 1.14 bits per heavy atom. The molecule has 0 aliphatic heterocycles. The largest absolute Gasteiger partial charge is 0.313 e. The van der Waals surface area contributed by atoms with E-state index in [4.69, 9.17) is 11.6 Å². The number of thioether (sulfide) groups is 1. The number of aryl methyl sites for hydroxylation is 1. The number of benzene rings is 2. The highest BCUT2D eigenvalue weighted by molar-refractivity contribution is 7.99. The van der Waals surface area contributed by atoms with E-state index in [9.17, 15) is 0 Å². The monoisotopic (exact) mass is 319 g/mol. The van der Waals surface area contributed by atoms with Crippen molar-refractivity contribution in [2.75, 3.05) is 12.3 Å². The Labute approximate surface area is 137 Å². The van der Waals surface area contributed by atoms with Crippen LogP contribution in [0, 0.1) is 6.92 Å². The summed E-state index contributed by atoms with van der Waals surface area (Å²) in [5.74, 6) is 1.06. The molecule has 2 rings (SSSR count). The summed E-state index contributed by atoms with van der Waals surface area (Å²) in [6.45, 7) is 5.26. The minimum absolute atomic E-state index is 0.458. The Kier molecular flexibility index (Phi) is 6.62. The highest BCUT2D eigenvalue weighted by Gasteiger charge is 2.09. The third-order valence-electron chi connectivity index (χ3n) is 3.34. The molecule has 1 atom stereocenters. The van der Waals surface area contributed by atoms with Crippen LogP contribution in [-0.4, -0.2) is 18.3 Å². The maximum Gasteiger partial charge on any atom is 0.0408 e. The van der Waals surface area contributed by atoms with Gasteiger partial charge in [-0.2, -0.15) is 0 Å². The van der Waals surface area contributed by atoms with Gasteiger partial charge < -0.3 is 5.32 Å². The lowest BCUT2D eigenvalue weighted by Crippen LogP contribution is -2.33. The molecule has 1 N–H and O–H groups in total. The first-order valence-corrected chi connectivity index (χ1v) is 8.71. The normalized spacial score (nSPS) is 12.3. The fraction of sp³-hybridized carbons (Fsp3) is 0.333. The quantitative estimate of drug-likeness (QED) is 0.724. The van der Waals surface area contributed by atoms with Gasteiger partial charge in [-0.3, -0.25) is 0 Å². The van der Waals surface area contributed by atoms with Gasteiger partial charge in [0.2, 0.25) is 0 Å². The molecule has 0 aromatic heterocycles. The van der Waals surface area contributed by atoms with E-state index >= 15 is 0 Å². The molecule has 0 fully saturated rings. The average Bonchev–Trinajstić information content (AvgIpc) is 2.47. The molecule has 2 aromatic rings. The Hall–Kier alpha value is -0.960. The standard InChI is InChI=1S/C18H22ClNS/c1-3-20-17(12-15-5-4-6-16(19)11-15)13-21-18-9-7-14(2)8-10-18/h4-11,17,20H,3,12-13H2,1-2H3. The molecule has 1 unspecified atom stereocenters. The Balaban J connectivity index is 1.93. The predicted molar refractivity (Wildman–Crippen MR) is 94.5 cm³/mol. The van der Waals surface area contributed by atoms with Gasteiger partial charge in [0, 0.05) is 21.7 Å². The molecule has 0 saturated heterocycles. The number of hydrogen-bond acceptors (Lipinski definition) is 2. The van der Waals surface area contributed by atoms with Gasteiger partial charge in [-0.15, -0.1) is 11.8 Å². The number of hydrogen-bond donors (Lipinski definition) is 1. The van der Waals surface area contributed by atoms with Gasteiger partial charge in [0.05, 0.1) is 0 Å². The van der Waals surface area contributed by atoms with Crippen LogP contribution in [0.1, 0.15) is 18.1 Å². The van der Waals surface area contributed by atoms with Gasteiger partial charge in [-0.1, -0.05) is 48.4 Å². The van der Waals surface area contributed by atoms with E-state index in [2.05, 4.69) is 55.6 Å². The van der Waals surface area contributed by atoms with Crippen molar-refractivity contribution in [2.45, 2.75) is 31.2 Å². The van der Waals surface area contributed by atoms with Gasteiger partial charge in [0.15, 0.2) is 0 Å². The van der Waals surface area contributed by atoms with E-state index in [0.29, 0.717) is 6.04 Å². The lowest BCUT2D eigenvalue weighted by molar-refractivity contribution is 0.572. The van der Waals surface area contributed by atoms with Crippen molar-refractivity contribution in [1.29, 1.82) is 0 Å². The Morgan fingerprint density at radius 2 is 1.90 bits per heavy atom. The van der Waals surface area contributed by atoms with E-state index in [-0.39, 0.29) is 0 Å². The molecular formula is C18H22ClNS. The molecule has 2 aromatic carbocycles. The molecule has 3 heteroatoms. The molecule has 0 amide bonds. The van der Waals surface area contributed by atoms with Gasteiger partial charge >= 0.3 is 0 Å². The summed E-state index contributed by atoms with van der Waals surface area (Å²) in [4.78, 5) is 1.33. The van der Waals surface area contributed by atoms with Crippen molar-refractivity contribution >= 4 is 23.4 Å². The second-order valence-electron chi connectivity index (χ2n) is 5.21. The molecule has 21 heavy (non-hydrogen) atoms. The summed E-state index contributed by atoms with van der Waals surface area (Å²) in [6.07, 6.45) is 1.01. The molecule has 0 radical (unpaired) electrons. The molecule has 0 aliphatic carbocycles. The average molecular weight is 320 g/mol. The maximum absolute atomic E-state index is 6.07. The maximum atomic E-state index is 6.07. The number of nitrogens with one attached hydrogen (secondary N) is 1. The molecule has 112 valence electrons. The van der Waals surface area contributed by atoms with Gasteiger partial charge in [0.1, 0.15) is 0 Å². The molecular weight excluding hydrogens is 298 g/mol. The van der Waals surface area contributed by atoms with Gasteiger partial charge in [-0.05, 0) is 49.7 Å². The van der Waals surface area contributed by atoms with Crippen molar-refractivity contribution < 1.29 is 0 Å². The Bertz CT molecular complexity index is 553. The van der Waals surface area contributed by atoms with Crippen LogP contribution in [-0.2, 0) is 6.42 Å². The van der Waals surface area contributed by atoms with E-state index in [1.807, 2.05) is 23.9 Å². The van der Waals surface area contributed by atoms with Crippen LogP contribution in [0.2, 0.25) is 5.02 Å². The van der Waals surface area contributed by atoms with Crippen LogP contribution in [0.4, 0.5) is 0 Å². The first-order valence-electron chi connectivity index (χ1n) is 7.34. The first-order chi connectivity index (χ1) is 10.2. The second-order valence-corrected chi connectivity index (χ2v) is 6.74. The highest BCUT2D eigenvalue weighted by atomic mass is 35.5. The zero-order valence-corrected chi connectivity index (χ0v) is 14.2. The van der Waals surface area contributed by atoms with Crippen LogP contribution in [0.25, 0.3) is 0 Å². The second kappa shape index (κ2) is 8.47.